The Hall–Kier alpha value is -3.86. The van der Waals surface area contributed by atoms with Gasteiger partial charge in [-0.1, -0.05) is 6.07 Å². The monoisotopic (exact) mass is 338 g/mol. The Bertz CT molecular complexity index is 854. The second-order valence-electron chi connectivity index (χ2n) is 4.80. The van der Waals surface area contributed by atoms with E-state index in [0.717, 1.165) is 0 Å². The lowest BCUT2D eigenvalue weighted by atomic mass is 10.2. The molecule has 2 aromatic rings. The highest BCUT2D eigenvalue weighted by atomic mass is 16.6. The number of hydrogen-bond donors (Lipinski definition) is 2. The fourth-order valence-corrected chi connectivity index (χ4v) is 1.89. The van der Waals surface area contributed by atoms with Gasteiger partial charge in [-0.2, -0.15) is 5.26 Å². The Morgan fingerprint density at radius 3 is 2.56 bits per heavy atom. The third-order valence-corrected chi connectivity index (χ3v) is 3.15. The van der Waals surface area contributed by atoms with E-state index < -0.39 is 10.8 Å². The van der Waals surface area contributed by atoms with Crippen molar-refractivity contribution in [3.8, 4) is 11.8 Å². The summed E-state index contributed by atoms with van der Waals surface area (Å²) in [5.74, 6) is 0.0342. The lowest BCUT2D eigenvalue weighted by molar-refractivity contribution is -0.384. The number of methoxy groups -OCH3 is 1. The molecule has 0 aliphatic heterocycles. The molecule has 0 heterocycles. The number of nitro groups is 1. The maximum atomic E-state index is 12.1. The summed E-state index contributed by atoms with van der Waals surface area (Å²) in [6, 6.07) is 14.1. The zero-order valence-corrected chi connectivity index (χ0v) is 13.2. The van der Waals surface area contributed by atoms with Crippen LogP contribution in [0.25, 0.3) is 0 Å². The van der Waals surface area contributed by atoms with Crippen molar-refractivity contribution in [3.63, 3.8) is 0 Å². The summed E-state index contributed by atoms with van der Waals surface area (Å²) in [4.78, 5) is 22.3. The van der Waals surface area contributed by atoms with Gasteiger partial charge in [0.2, 0.25) is 0 Å². The van der Waals surface area contributed by atoms with E-state index in [0.29, 0.717) is 17.1 Å². The van der Waals surface area contributed by atoms with E-state index >= 15 is 0 Å². The van der Waals surface area contributed by atoms with Crippen molar-refractivity contribution in [3.05, 3.63) is 70.4 Å². The van der Waals surface area contributed by atoms with Gasteiger partial charge in [-0.25, -0.2) is 0 Å². The average Bonchev–Trinajstić information content (AvgIpc) is 2.63. The summed E-state index contributed by atoms with van der Waals surface area (Å²) in [6.45, 7) is 0. The van der Waals surface area contributed by atoms with E-state index in [1.807, 2.05) is 0 Å². The van der Waals surface area contributed by atoms with E-state index in [1.165, 1.54) is 31.5 Å². The van der Waals surface area contributed by atoms with E-state index in [9.17, 15) is 14.9 Å². The molecule has 0 saturated carbocycles. The number of benzene rings is 2. The fourth-order valence-electron chi connectivity index (χ4n) is 1.89. The number of non-ortho nitro benzene ring substituents is 1. The molecule has 0 aromatic heterocycles. The highest BCUT2D eigenvalue weighted by molar-refractivity contribution is 6.06. The van der Waals surface area contributed by atoms with Crippen LogP contribution < -0.4 is 15.4 Å². The predicted octanol–water partition coefficient (Wildman–Crippen LogP) is 3.06. The van der Waals surface area contributed by atoms with Crippen molar-refractivity contribution < 1.29 is 14.5 Å². The van der Waals surface area contributed by atoms with Gasteiger partial charge in [0.1, 0.15) is 17.4 Å². The van der Waals surface area contributed by atoms with Gasteiger partial charge < -0.3 is 15.4 Å². The molecule has 8 nitrogen and oxygen atoms in total. The van der Waals surface area contributed by atoms with Gasteiger partial charge in [-0.05, 0) is 30.3 Å². The molecule has 0 aliphatic rings. The number of nitro benzene ring substituents is 1. The third-order valence-electron chi connectivity index (χ3n) is 3.15. The Morgan fingerprint density at radius 2 is 1.96 bits per heavy atom. The van der Waals surface area contributed by atoms with E-state index in [1.54, 1.807) is 36.4 Å². The first-order valence-corrected chi connectivity index (χ1v) is 7.10. The molecule has 2 N–H and O–H groups in total. The number of nitriles is 1. The Morgan fingerprint density at radius 1 is 1.24 bits per heavy atom. The van der Waals surface area contributed by atoms with Crippen molar-refractivity contribution in [2.75, 3.05) is 17.7 Å². The highest BCUT2D eigenvalue weighted by Crippen LogP contribution is 2.18. The summed E-state index contributed by atoms with van der Waals surface area (Å²) in [6.07, 6.45) is 1.19. The lowest BCUT2D eigenvalue weighted by Gasteiger charge is -2.06. The van der Waals surface area contributed by atoms with Crippen molar-refractivity contribution in [1.29, 1.82) is 5.26 Å². The molecular weight excluding hydrogens is 324 g/mol. The number of amides is 1. The van der Waals surface area contributed by atoms with Crippen molar-refractivity contribution in [2.45, 2.75) is 0 Å². The number of nitrogens with one attached hydrogen (secondary N) is 2. The minimum absolute atomic E-state index is 0.0976. The Labute approximate surface area is 143 Å². The first-order valence-electron chi connectivity index (χ1n) is 7.10. The number of hydrogen-bond acceptors (Lipinski definition) is 6. The maximum Gasteiger partial charge on any atom is 0.271 e. The molecule has 0 radical (unpaired) electrons. The van der Waals surface area contributed by atoms with Gasteiger partial charge in [0.25, 0.3) is 11.6 Å². The van der Waals surface area contributed by atoms with Gasteiger partial charge in [-0.3, -0.25) is 14.9 Å². The fraction of sp³-hybridized carbons (Fsp3) is 0.0588. The normalized spacial score (nSPS) is 10.5. The van der Waals surface area contributed by atoms with Crippen molar-refractivity contribution in [2.24, 2.45) is 0 Å². The minimum atomic E-state index is -0.606. The summed E-state index contributed by atoms with van der Waals surface area (Å²) >= 11 is 0. The van der Waals surface area contributed by atoms with E-state index in [2.05, 4.69) is 10.6 Å². The predicted molar refractivity (Wildman–Crippen MR) is 92.0 cm³/mol. The number of ether oxygens (including phenoxy) is 1. The lowest BCUT2D eigenvalue weighted by Crippen LogP contribution is -2.14. The van der Waals surface area contributed by atoms with Crippen LogP contribution in [0.5, 0.6) is 5.75 Å². The van der Waals surface area contributed by atoms with Gasteiger partial charge in [0.05, 0.1) is 12.0 Å². The van der Waals surface area contributed by atoms with Crippen LogP contribution in [0.1, 0.15) is 0 Å². The third kappa shape index (κ3) is 4.80. The zero-order chi connectivity index (χ0) is 18.2. The summed E-state index contributed by atoms with van der Waals surface area (Å²) < 4.78 is 5.02. The Kier molecular flexibility index (Phi) is 5.68. The molecule has 0 bridgehead atoms. The van der Waals surface area contributed by atoms with Crippen molar-refractivity contribution >= 4 is 23.0 Å². The first kappa shape index (κ1) is 17.5. The zero-order valence-electron chi connectivity index (χ0n) is 13.2. The van der Waals surface area contributed by atoms with Crippen LogP contribution >= 0.6 is 0 Å². The maximum absolute atomic E-state index is 12.1. The molecule has 0 unspecified atom stereocenters. The molecule has 2 rings (SSSR count). The van der Waals surface area contributed by atoms with Crippen molar-refractivity contribution in [1.82, 2.24) is 0 Å². The molecule has 2 aromatic carbocycles. The topological polar surface area (TPSA) is 117 Å². The van der Waals surface area contributed by atoms with Crippen LogP contribution in [-0.4, -0.2) is 17.9 Å². The number of anilines is 2. The summed E-state index contributed by atoms with van der Waals surface area (Å²) in [5.41, 5.74) is 0.614. The smallest absolute Gasteiger partial charge is 0.271 e. The second kappa shape index (κ2) is 8.12. The molecular formula is C17H14N4O4. The van der Waals surface area contributed by atoms with Crippen LogP contribution in [0.15, 0.2) is 60.3 Å². The quantitative estimate of drug-likeness (QED) is 0.362. The molecule has 0 spiro atoms. The summed E-state index contributed by atoms with van der Waals surface area (Å²) in [5, 5.41) is 25.2. The first-order chi connectivity index (χ1) is 12.0. The standard InChI is InChI=1S/C17H14N4O4/c1-25-16-7-5-13(6-8-16)20-17(22)12(10-18)11-19-14-3-2-4-15(9-14)21(23)24/h2-9,11,19H,1H3,(H,20,22)/b12-11-. The number of nitrogens with zero attached hydrogens (tertiary/aromatic N) is 2. The van der Waals surface area contributed by atoms with E-state index in [4.69, 9.17) is 10.00 Å². The molecule has 0 fully saturated rings. The molecule has 0 atom stereocenters. The van der Waals surface area contributed by atoms with Gasteiger partial charge >= 0.3 is 0 Å². The molecule has 8 heteroatoms. The number of rotatable bonds is 6. The van der Waals surface area contributed by atoms with Gasteiger partial charge in [0.15, 0.2) is 0 Å². The number of carbonyl (C=O) groups is 1. The van der Waals surface area contributed by atoms with Crippen LogP contribution in [-0.2, 0) is 4.79 Å². The average molecular weight is 338 g/mol. The van der Waals surface area contributed by atoms with Gasteiger partial charge in [0, 0.05) is 29.7 Å². The van der Waals surface area contributed by atoms with E-state index in [-0.39, 0.29) is 11.3 Å². The molecule has 126 valence electrons. The molecule has 0 saturated heterocycles. The summed E-state index contributed by atoms with van der Waals surface area (Å²) in [7, 11) is 1.53. The largest absolute Gasteiger partial charge is 0.497 e. The minimum Gasteiger partial charge on any atom is -0.497 e. The SMILES string of the molecule is COc1ccc(NC(=O)/C(C#N)=C\Nc2cccc([N+](=O)[O-])c2)cc1. The van der Waals surface area contributed by atoms with Crippen LogP contribution in [0.3, 0.4) is 0 Å². The number of carbonyl (C=O) groups excluding carboxylic acids is 1. The van der Waals surface area contributed by atoms with Crippen LogP contribution in [0, 0.1) is 21.4 Å². The molecule has 0 aliphatic carbocycles. The Balaban J connectivity index is 2.08. The highest BCUT2D eigenvalue weighted by Gasteiger charge is 2.10. The molecule has 1 amide bonds. The van der Waals surface area contributed by atoms with Crippen LogP contribution in [0.4, 0.5) is 17.1 Å². The molecule has 25 heavy (non-hydrogen) atoms. The van der Waals surface area contributed by atoms with Gasteiger partial charge in [-0.15, -0.1) is 0 Å². The van der Waals surface area contributed by atoms with Crippen LogP contribution in [0.2, 0.25) is 0 Å². The second-order valence-corrected chi connectivity index (χ2v) is 4.80.